The molecule has 1 atom stereocenters. The van der Waals surface area contributed by atoms with Crippen LogP contribution in [0.25, 0.3) is 0 Å². The van der Waals surface area contributed by atoms with Gasteiger partial charge in [0.05, 0.1) is 12.7 Å². The predicted molar refractivity (Wildman–Crippen MR) is 22.2 cm³/mol. The molecule has 1 saturated heterocycles. The minimum atomic E-state index is 0.449. The molecule has 0 aromatic heterocycles. The van der Waals surface area contributed by atoms with Crippen molar-refractivity contribution in [3.05, 3.63) is 0 Å². The minimum Gasteiger partial charge on any atom is -0.372 e. The number of epoxide rings is 1. The molecule has 1 radical (unpaired) electrons. The maximum absolute atomic E-state index is 4.75. The van der Waals surface area contributed by atoms with Crippen molar-refractivity contribution in [3.63, 3.8) is 0 Å². The Morgan fingerprint density at radius 3 is 2.60 bits per heavy atom. The fourth-order valence-electron chi connectivity index (χ4n) is 0.164. The lowest BCUT2D eigenvalue weighted by molar-refractivity contribution is 0.426. The van der Waals surface area contributed by atoms with E-state index in [0.717, 1.165) is 12.4 Å². The quantitative estimate of drug-likeness (QED) is 0.428. The summed E-state index contributed by atoms with van der Waals surface area (Å²) >= 11 is 4.61. The second kappa shape index (κ2) is 1.19. The normalized spacial score (nSPS) is 34.2. The third-order valence-corrected chi connectivity index (χ3v) is 0.960. The van der Waals surface area contributed by atoms with Gasteiger partial charge in [0.1, 0.15) is 0 Å². The van der Waals surface area contributed by atoms with Gasteiger partial charge in [-0.3, -0.25) is 0 Å². The van der Waals surface area contributed by atoms with Gasteiger partial charge in [0.2, 0.25) is 0 Å². The van der Waals surface area contributed by atoms with Gasteiger partial charge in [-0.15, -0.1) is 0 Å². The van der Waals surface area contributed by atoms with Crippen LogP contribution in [0.3, 0.4) is 0 Å². The van der Waals surface area contributed by atoms with Gasteiger partial charge in [-0.25, -0.2) is 0 Å². The summed E-state index contributed by atoms with van der Waals surface area (Å²) in [5.74, 6) is 0.778. The van der Waals surface area contributed by atoms with Gasteiger partial charge in [-0.05, 0) is 0 Å². The average molecular weight is 89.1 g/mol. The summed E-state index contributed by atoms with van der Waals surface area (Å²) in [4.78, 5) is 0. The lowest BCUT2D eigenvalue weighted by Crippen LogP contribution is -1.80. The van der Waals surface area contributed by atoms with Gasteiger partial charge in [0.25, 0.3) is 0 Å². The van der Waals surface area contributed by atoms with Gasteiger partial charge in [0, 0.05) is 5.75 Å². The van der Waals surface area contributed by atoms with E-state index in [0.29, 0.717) is 6.10 Å². The minimum absolute atomic E-state index is 0.449. The average Bonchev–Trinajstić information content (AvgIpc) is 2.12. The molecule has 0 saturated carbocycles. The molecule has 29 valence electrons. The van der Waals surface area contributed by atoms with Crippen molar-refractivity contribution in [1.82, 2.24) is 0 Å². The van der Waals surface area contributed by atoms with Gasteiger partial charge < -0.3 is 4.74 Å². The summed E-state index contributed by atoms with van der Waals surface area (Å²) in [5, 5.41) is 0. The molecular formula is C3H5OS. The predicted octanol–water partition coefficient (Wildman–Crippen LogP) is 0.583. The third-order valence-electron chi connectivity index (χ3n) is 0.588. The highest BCUT2D eigenvalue weighted by atomic mass is 32.1. The Bertz CT molecular complexity index is 33.9. The fraction of sp³-hybridized carbons (Fsp3) is 1.00. The molecule has 1 rings (SSSR count). The van der Waals surface area contributed by atoms with E-state index < -0.39 is 0 Å². The van der Waals surface area contributed by atoms with Crippen LogP contribution in [0.1, 0.15) is 0 Å². The SMILES string of the molecule is [S]CC1CO1. The summed E-state index contributed by atoms with van der Waals surface area (Å²) in [6, 6.07) is 0. The number of rotatable bonds is 1. The molecule has 1 heterocycles. The lowest BCUT2D eigenvalue weighted by atomic mass is 10.6. The Labute approximate surface area is 36.7 Å². The van der Waals surface area contributed by atoms with Crippen molar-refractivity contribution in [2.45, 2.75) is 6.10 Å². The zero-order valence-corrected chi connectivity index (χ0v) is 3.62. The molecule has 0 aromatic carbocycles. The van der Waals surface area contributed by atoms with E-state index in [1.54, 1.807) is 0 Å². The molecule has 1 fully saturated rings. The van der Waals surface area contributed by atoms with E-state index in [4.69, 9.17) is 4.74 Å². The molecule has 0 spiro atoms. The first-order chi connectivity index (χ1) is 2.43. The van der Waals surface area contributed by atoms with Crippen molar-refractivity contribution >= 4 is 12.6 Å². The molecule has 0 aromatic rings. The lowest BCUT2D eigenvalue weighted by Gasteiger charge is -1.67. The van der Waals surface area contributed by atoms with E-state index >= 15 is 0 Å². The summed E-state index contributed by atoms with van der Waals surface area (Å²) in [7, 11) is 0. The fourth-order valence-corrected chi connectivity index (χ4v) is 0.357. The van der Waals surface area contributed by atoms with E-state index in [1.807, 2.05) is 0 Å². The van der Waals surface area contributed by atoms with Crippen LogP contribution in [0.4, 0.5) is 0 Å². The Kier molecular flexibility index (Phi) is 0.830. The number of hydrogen-bond donors (Lipinski definition) is 0. The number of ether oxygens (including phenoxy) is 1. The summed E-state index contributed by atoms with van der Waals surface area (Å²) in [6.07, 6.45) is 0.449. The zero-order chi connectivity index (χ0) is 3.70. The van der Waals surface area contributed by atoms with Gasteiger partial charge in [-0.2, -0.15) is 0 Å². The molecule has 1 aliphatic heterocycles. The highest BCUT2D eigenvalue weighted by molar-refractivity contribution is 7.80. The Morgan fingerprint density at radius 2 is 2.60 bits per heavy atom. The van der Waals surface area contributed by atoms with Crippen LogP contribution in [0.15, 0.2) is 0 Å². The van der Waals surface area contributed by atoms with Crippen molar-refractivity contribution in [2.24, 2.45) is 0 Å². The second-order valence-corrected chi connectivity index (χ2v) is 1.46. The molecule has 1 unspecified atom stereocenters. The zero-order valence-electron chi connectivity index (χ0n) is 2.81. The molecule has 5 heavy (non-hydrogen) atoms. The third kappa shape index (κ3) is 0.816. The van der Waals surface area contributed by atoms with Crippen LogP contribution in [0, 0.1) is 0 Å². The van der Waals surface area contributed by atoms with Crippen molar-refractivity contribution < 1.29 is 4.74 Å². The standard InChI is InChI=1S/C3H5OS/c5-2-3-1-4-3/h3H,1-2H2. The number of hydrogen-bond acceptors (Lipinski definition) is 1. The molecule has 2 heteroatoms. The van der Waals surface area contributed by atoms with Crippen LogP contribution in [-0.2, 0) is 4.74 Å². The van der Waals surface area contributed by atoms with Crippen LogP contribution in [0.5, 0.6) is 0 Å². The highest BCUT2D eigenvalue weighted by Crippen LogP contribution is 2.08. The monoisotopic (exact) mass is 89.0 g/mol. The largest absolute Gasteiger partial charge is 0.372 e. The van der Waals surface area contributed by atoms with Crippen LogP contribution in [-0.4, -0.2) is 18.5 Å². The topological polar surface area (TPSA) is 12.5 Å². The Balaban J connectivity index is 2.00. The maximum atomic E-state index is 4.75. The van der Waals surface area contributed by atoms with Crippen molar-refractivity contribution in [1.29, 1.82) is 0 Å². The van der Waals surface area contributed by atoms with Gasteiger partial charge >= 0.3 is 0 Å². The first-order valence-corrected chi connectivity index (χ1v) is 2.21. The molecule has 1 nitrogen and oxygen atoms in total. The molecule has 1 aliphatic rings. The van der Waals surface area contributed by atoms with Crippen molar-refractivity contribution in [2.75, 3.05) is 12.4 Å². The molecule has 0 N–H and O–H groups in total. The van der Waals surface area contributed by atoms with Crippen LogP contribution in [0.2, 0.25) is 0 Å². The smallest absolute Gasteiger partial charge is 0.0908 e. The van der Waals surface area contributed by atoms with Crippen LogP contribution >= 0.6 is 12.6 Å². The Morgan fingerprint density at radius 1 is 2.00 bits per heavy atom. The van der Waals surface area contributed by atoms with Gasteiger partial charge in [-0.1, -0.05) is 12.6 Å². The van der Waals surface area contributed by atoms with Crippen molar-refractivity contribution in [3.8, 4) is 0 Å². The summed E-state index contributed by atoms with van der Waals surface area (Å²) in [6.45, 7) is 0.906. The summed E-state index contributed by atoms with van der Waals surface area (Å²) in [5.41, 5.74) is 0. The van der Waals surface area contributed by atoms with E-state index in [-0.39, 0.29) is 0 Å². The van der Waals surface area contributed by atoms with Crippen LogP contribution < -0.4 is 0 Å². The molecule has 0 aliphatic carbocycles. The second-order valence-electron chi connectivity index (χ2n) is 1.12. The van der Waals surface area contributed by atoms with E-state index in [1.165, 1.54) is 0 Å². The molecule has 0 bridgehead atoms. The van der Waals surface area contributed by atoms with Gasteiger partial charge in [0.15, 0.2) is 0 Å². The maximum Gasteiger partial charge on any atom is 0.0908 e. The highest BCUT2D eigenvalue weighted by Gasteiger charge is 2.19. The summed E-state index contributed by atoms with van der Waals surface area (Å²) < 4.78 is 4.75. The van der Waals surface area contributed by atoms with E-state index in [9.17, 15) is 0 Å². The first-order valence-electron chi connectivity index (χ1n) is 1.63. The molecular weight excluding hydrogens is 84.1 g/mol. The Hall–Kier alpha value is 0.310. The van der Waals surface area contributed by atoms with E-state index in [2.05, 4.69) is 12.6 Å². The first kappa shape index (κ1) is 3.50. The molecule has 0 amide bonds.